The molecule has 1 N–H and O–H groups in total. The van der Waals surface area contributed by atoms with Gasteiger partial charge in [0, 0.05) is 24.8 Å². The second-order valence-corrected chi connectivity index (χ2v) is 6.63. The van der Waals surface area contributed by atoms with Gasteiger partial charge in [0.05, 0.1) is 11.8 Å². The standard InChI is InChI=1S/C15H15N3O5S/c19-13-7-24-15(21)18(13)10-3-4-17(6-10)14(20)16-9-1-2-11-12(5-9)23-8-22-11/h1-2,5,10H,3-4,6-8H2,(H,16,20). The minimum Gasteiger partial charge on any atom is -0.454 e. The van der Waals surface area contributed by atoms with Gasteiger partial charge in [0.15, 0.2) is 11.5 Å². The lowest BCUT2D eigenvalue weighted by atomic mass is 10.2. The van der Waals surface area contributed by atoms with Crippen molar-refractivity contribution in [2.75, 3.05) is 31.0 Å². The van der Waals surface area contributed by atoms with Crippen LogP contribution in [0.1, 0.15) is 6.42 Å². The van der Waals surface area contributed by atoms with Gasteiger partial charge in [-0.3, -0.25) is 14.5 Å². The molecule has 24 heavy (non-hydrogen) atoms. The Labute approximate surface area is 142 Å². The number of rotatable bonds is 2. The number of imide groups is 1. The monoisotopic (exact) mass is 349 g/mol. The van der Waals surface area contributed by atoms with Crippen molar-refractivity contribution in [3.63, 3.8) is 0 Å². The molecule has 0 radical (unpaired) electrons. The number of benzene rings is 1. The van der Waals surface area contributed by atoms with Crippen LogP contribution in [-0.2, 0) is 4.79 Å². The Bertz CT molecular complexity index is 709. The summed E-state index contributed by atoms with van der Waals surface area (Å²) in [6.07, 6.45) is 0.604. The number of anilines is 1. The number of hydrogen-bond acceptors (Lipinski definition) is 6. The molecule has 0 aromatic heterocycles. The predicted molar refractivity (Wildman–Crippen MR) is 86.3 cm³/mol. The van der Waals surface area contributed by atoms with Crippen molar-refractivity contribution < 1.29 is 23.9 Å². The molecule has 3 aliphatic rings. The molecule has 0 saturated carbocycles. The van der Waals surface area contributed by atoms with Gasteiger partial charge in [-0.25, -0.2) is 4.79 Å². The number of hydrogen-bond donors (Lipinski definition) is 1. The molecule has 1 unspecified atom stereocenters. The van der Waals surface area contributed by atoms with E-state index in [-0.39, 0.29) is 35.8 Å². The lowest BCUT2D eigenvalue weighted by Gasteiger charge is -2.22. The van der Waals surface area contributed by atoms with Crippen molar-refractivity contribution in [1.82, 2.24) is 9.80 Å². The third kappa shape index (κ3) is 2.64. The highest BCUT2D eigenvalue weighted by atomic mass is 32.2. The highest BCUT2D eigenvalue weighted by Crippen LogP contribution is 2.34. The summed E-state index contributed by atoms with van der Waals surface area (Å²) < 4.78 is 10.5. The van der Waals surface area contributed by atoms with E-state index in [4.69, 9.17) is 9.47 Å². The van der Waals surface area contributed by atoms with E-state index >= 15 is 0 Å². The topological polar surface area (TPSA) is 88.2 Å². The van der Waals surface area contributed by atoms with E-state index in [1.54, 1.807) is 23.1 Å². The summed E-state index contributed by atoms with van der Waals surface area (Å²) in [6.45, 7) is 1.04. The molecule has 0 bridgehead atoms. The van der Waals surface area contributed by atoms with Crippen molar-refractivity contribution in [1.29, 1.82) is 0 Å². The number of nitrogens with zero attached hydrogens (tertiary/aromatic N) is 2. The highest BCUT2D eigenvalue weighted by molar-refractivity contribution is 8.14. The van der Waals surface area contributed by atoms with Crippen molar-refractivity contribution in [2.45, 2.75) is 12.5 Å². The van der Waals surface area contributed by atoms with E-state index in [0.717, 1.165) is 11.8 Å². The fourth-order valence-corrected chi connectivity index (χ4v) is 3.81. The predicted octanol–water partition coefficient (Wildman–Crippen LogP) is 1.72. The quantitative estimate of drug-likeness (QED) is 0.875. The van der Waals surface area contributed by atoms with Gasteiger partial charge in [-0.2, -0.15) is 0 Å². The smallest absolute Gasteiger partial charge is 0.321 e. The maximum absolute atomic E-state index is 12.4. The summed E-state index contributed by atoms with van der Waals surface area (Å²) in [4.78, 5) is 38.8. The van der Waals surface area contributed by atoms with Crippen LogP contribution in [0.5, 0.6) is 11.5 Å². The molecule has 9 heteroatoms. The molecular formula is C15H15N3O5S. The maximum atomic E-state index is 12.4. The molecule has 3 aliphatic heterocycles. The zero-order chi connectivity index (χ0) is 16.7. The number of urea groups is 1. The van der Waals surface area contributed by atoms with Gasteiger partial charge < -0.3 is 19.7 Å². The molecule has 0 aliphatic carbocycles. The Morgan fingerprint density at radius 2 is 2.08 bits per heavy atom. The Morgan fingerprint density at radius 3 is 2.88 bits per heavy atom. The van der Waals surface area contributed by atoms with Crippen molar-refractivity contribution in [3.05, 3.63) is 18.2 Å². The van der Waals surface area contributed by atoms with Crippen LogP contribution >= 0.6 is 11.8 Å². The van der Waals surface area contributed by atoms with Crippen LogP contribution in [0.3, 0.4) is 0 Å². The molecule has 0 spiro atoms. The average molecular weight is 349 g/mol. The minimum atomic E-state index is -0.261. The molecule has 2 saturated heterocycles. The molecule has 1 aromatic carbocycles. The van der Waals surface area contributed by atoms with Gasteiger partial charge in [-0.15, -0.1) is 0 Å². The first-order valence-corrected chi connectivity index (χ1v) is 8.55. The summed E-state index contributed by atoms with van der Waals surface area (Å²) in [5.74, 6) is 1.27. The van der Waals surface area contributed by atoms with Gasteiger partial charge in [0.25, 0.3) is 5.24 Å². The van der Waals surface area contributed by atoms with Crippen LogP contribution in [0.4, 0.5) is 15.3 Å². The van der Waals surface area contributed by atoms with Crippen molar-refractivity contribution in [2.24, 2.45) is 0 Å². The van der Waals surface area contributed by atoms with Crippen LogP contribution in [0.2, 0.25) is 0 Å². The zero-order valence-electron chi connectivity index (χ0n) is 12.7. The molecule has 4 rings (SSSR count). The average Bonchev–Trinajstić information content (AvgIpc) is 3.27. The fourth-order valence-electron chi connectivity index (χ4n) is 3.03. The first-order chi connectivity index (χ1) is 11.6. The largest absolute Gasteiger partial charge is 0.454 e. The fraction of sp³-hybridized carbons (Fsp3) is 0.400. The normalized spacial score (nSPS) is 22.4. The Balaban J connectivity index is 1.39. The van der Waals surface area contributed by atoms with Gasteiger partial charge in [0.2, 0.25) is 12.7 Å². The minimum absolute atomic E-state index is 0.173. The summed E-state index contributed by atoms with van der Waals surface area (Å²) in [5.41, 5.74) is 0.608. The van der Waals surface area contributed by atoms with Crippen LogP contribution in [0.15, 0.2) is 18.2 Å². The summed E-state index contributed by atoms with van der Waals surface area (Å²) >= 11 is 1.02. The number of fused-ring (bicyclic) bond motifs is 1. The summed E-state index contributed by atoms with van der Waals surface area (Å²) in [6, 6.07) is 4.69. The van der Waals surface area contributed by atoms with Crippen LogP contribution in [0.25, 0.3) is 0 Å². The molecule has 8 nitrogen and oxygen atoms in total. The summed E-state index contributed by atoms with van der Waals surface area (Å²) in [5, 5.41) is 2.59. The Kier molecular flexibility index (Phi) is 3.72. The number of thioether (sulfide) groups is 1. The van der Waals surface area contributed by atoms with E-state index in [2.05, 4.69) is 5.32 Å². The lowest BCUT2D eigenvalue weighted by molar-refractivity contribution is -0.126. The third-order valence-corrected chi connectivity index (χ3v) is 5.06. The third-order valence-electron chi connectivity index (χ3n) is 4.22. The highest BCUT2D eigenvalue weighted by Gasteiger charge is 2.40. The summed E-state index contributed by atoms with van der Waals surface area (Å²) in [7, 11) is 0. The molecule has 3 heterocycles. The molecule has 1 atom stereocenters. The van der Waals surface area contributed by atoms with E-state index in [1.165, 1.54) is 4.90 Å². The number of ether oxygens (including phenoxy) is 2. The second kappa shape index (κ2) is 5.90. The maximum Gasteiger partial charge on any atom is 0.321 e. The van der Waals surface area contributed by atoms with Gasteiger partial charge in [-0.05, 0) is 18.6 Å². The van der Waals surface area contributed by atoms with Gasteiger partial charge in [-0.1, -0.05) is 11.8 Å². The molecule has 4 amide bonds. The molecular weight excluding hydrogens is 334 g/mol. The van der Waals surface area contributed by atoms with Crippen molar-refractivity contribution in [3.8, 4) is 11.5 Å². The number of amides is 4. The van der Waals surface area contributed by atoms with Crippen LogP contribution < -0.4 is 14.8 Å². The van der Waals surface area contributed by atoms with Gasteiger partial charge >= 0.3 is 6.03 Å². The van der Waals surface area contributed by atoms with E-state index in [0.29, 0.717) is 36.7 Å². The second-order valence-electron chi connectivity index (χ2n) is 5.71. The number of carbonyl (C=O) groups is 3. The zero-order valence-corrected chi connectivity index (χ0v) is 13.5. The van der Waals surface area contributed by atoms with Crippen LogP contribution in [-0.4, -0.2) is 58.7 Å². The van der Waals surface area contributed by atoms with Crippen molar-refractivity contribution >= 4 is 34.6 Å². The van der Waals surface area contributed by atoms with E-state index in [1.807, 2.05) is 0 Å². The lowest BCUT2D eigenvalue weighted by Crippen LogP contribution is -2.42. The number of carbonyl (C=O) groups excluding carboxylic acids is 3. The first-order valence-electron chi connectivity index (χ1n) is 7.56. The van der Waals surface area contributed by atoms with E-state index in [9.17, 15) is 14.4 Å². The number of likely N-dealkylation sites (tertiary alicyclic amines) is 1. The SMILES string of the molecule is O=C(Nc1ccc2c(c1)OCO2)N1CCC(N2C(=O)CSC2=O)C1. The van der Waals surface area contributed by atoms with Gasteiger partial charge in [0.1, 0.15) is 0 Å². The van der Waals surface area contributed by atoms with E-state index < -0.39 is 0 Å². The number of nitrogens with one attached hydrogen (secondary N) is 1. The first kappa shape index (κ1) is 15.1. The van der Waals surface area contributed by atoms with Crippen LogP contribution in [0, 0.1) is 0 Å². The Morgan fingerprint density at radius 1 is 1.25 bits per heavy atom. The molecule has 126 valence electrons. The Hall–Kier alpha value is -2.42. The molecule has 1 aromatic rings. The molecule has 2 fully saturated rings.